The van der Waals surface area contributed by atoms with Crippen LogP contribution in [0.5, 0.6) is 0 Å². The normalized spacial score (nSPS) is 14.7. The first-order valence-corrected chi connectivity index (χ1v) is 7.42. The molecular weight excluding hydrogens is 272 g/mol. The monoisotopic (exact) mass is 302 g/mol. The molecule has 5 heteroatoms. The third-order valence-electron chi connectivity index (χ3n) is 2.90. The lowest BCUT2D eigenvalue weighted by molar-refractivity contribution is -0.189. The lowest BCUT2D eigenvalue weighted by Gasteiger charge is -2.25. The van der Waals surface area contributed by atoms with Crippen LogP contribution in [-0.4, -0.2) is 49.2 Å². The van der Waals surface area contributed by atoms with Crippen LogP contribution in [-0.2, 0) is 14.2 Å². The molecule has 0 fully saturated rings. The van der Waals surface area contributed by atoms with Crippen molar-refractivity contribution in [2.75, 3.05) is 20.8 Å². The predicted octanol–water partition coefficient (Wildman–Crippen LogP) is 1.91. The molecule has 124 valence electrons. The lowest BCUT2D eigenvalue weighted by atomic mass is 10.0. The van der Waals surface area contributed by atoms with E-state index in [9.17, 15) is 10.2 Å². The Bertz CT molecular complexity index is 309. The van der Waals surface area contributed by atoms with Crippen molar-refractivity contribution >= 4 is 0 Å². The van der Waals surface area contributed by atoms with E-state index in [4.69, 9.17) is 14.2 Å². The third-order valence-corrected chi connectivity index (χ3v) is 2.90. The van der Waals surface area contributed by atoms with Gasteiger partial charge in [-0.25, -0.2) is 0 Å². The first-order valence-electron chi connectivity index (χ1n) is 7.42. The smallest absolute Gasteiger partial charge is 0.182 e. The minimum Gasteiger partial charge on any atom is -0.388 e. The molecule has 0 saturated heterocycles. The Balaban J connectivity index is 4.58. The Hall–Kier alpha value is -0.640. The van der Waals surface area contributed by atoms with Crippen LogP contribution in [0.1, 0.15) is 46.5 Å². The number of hydrogen-bond acceptors (Lipinski definition) is 5. The molecule has 0 aliphatic heterocycles. The SMILES string of the molecule is CCCCC#CC(COC(C)(C)O)CC(O)C(OC)OC. The Morgan fingerprint density at radius 2 is 1.81 bits per heavy atom. The number of aliphatic hydroxyl groups is 2. The summed E-state index contributed by atoms with van der Waals surface area (Å²) < 4.78 is 15.4. The molecule has 2 atom stereocenters. The second-order valence-corrected chi connectivity index (χ2v) is 5.52. The predicted molar refractivity (Wildman–Crippen MR) is 81.5 cm³/mol. The Kier molecular flexibility index (Phi) is 10.7. The second kappa shape index (κ2) is 11.0. The number of methoxy groups -OCH3 is 2. The van der Waals surface area contributed by atoms with Crippen LogP contribution in [0.2, 0.25) is 0 Å². The van der Waals surface area contributed by atoms with Gasteiger partial charge in [0.25, 0.3) is 0 Å². The summed E-state index contributed by atoms with van der Waals surface area (Å²) in [7, 11) is 2.96. The lowest BCUT2D eigenvalue weighted by Crippen LogP contribution is -2.33. The van der Waals surface area contributed by atoms with E-state index in [1.807, 2.05) is 0 Å². The van der Waals surface area contributed by atoms with Crippen molar-refractivity contribution in [3.05, 3.63) is 0 Å². The van der Waals surface area contributed by atoms with E-state index in [-0.39, 0.29) is 12.5 Å². The van der Waals surface area contributed by atoms with Gasteiger partial charge in [0.15, 0.2) is 12.1 Å². The van der Waals surface area contributed by atoms with Gasteiger partial charge in [0.05, 0.1) is 6.61 Å². The van der Waals surface area contributed by atoms with Crippen LogP contribution in [0.4, 0.5) is 0 Å². The van der Waals surface area contributed by atoms with Gasteiger partial charge in [-0.2, -0.15) is 0 Å². The van der Waals surface area contributed by atoms with E-state index in [0.29, 0.717) is 6.42 Å². The summed E-state index contributed by atoms with van der Waals surface area (Å²) in [5.74, 6) is 4.81. The molecule has 0 rings (SSSR count). The summed E-state index contributed by atoms with van der Waals surface area (Å²) in [4.78, 5) is 0. The zero-order valence-corrected chi connectivity index (χ0v) is 13.9. The summed E-state index contributed by atoms with van der Waals surface area (Å²) in [6, 6.07) is 0. The van der Waals surface area contributed by atoms with Crippen molar-refractivity contribution in [1.82, 2.24) is 0 Å². The average Bonchev–Trinajstić information content (AvgIpc) is 2.41. The highest BCUT2D eigenvalue weighted by atomic mass is 16.7. The van der Waals surface area contributed by atoms with Crippen molar-refractivity contribution in [2.24, 2.45) is 5.92 Å². The molecule has 21 heavy (non-hydrogen) atoms. The van der Waals surface area contributed by atoms with E-state index in [2.05, 4.69) is 18.8 Å². The summed E-state index contributed by atoms with van der Waals surface area (Å²) in [5.41, 5.74) is 0. The molecule has 0 bridgehead atoms. The fraction of sp³-hybridized carbons (Fsp3) is 0.875. The molecule has 5 nitrogen and oxygen atoms in total. The van der Waals surface area contributed by atoms with Gasteiger partial charge < -0.3 is 24.4 Å². The maximum Gasteiger partial charge on any atom is 0.182 e. The maximum atomic E-state index is 10.1. The molecule has 0 saturated carbocycles. The van der Waals surface area contributed by atoms with Crippen molar-refractivity contribution in [3.63, 3.8) is 0 Å². The molecule has 0 aromatic heterocycles. The highest BCUT2D eigenvalue weighted by Crippen LogP contribution is 2.15. The molecule has 0 heterocycles. The maximum absolute atomic E-state index is 10.1. The molecule has 0 aliphatic rings. The Morgan fingerprint density at radius 3 is 2.29 bits per heavy atom. The van der Waals surface area contributed by atoms with Crippen LogP contribution < -0.4 is 0 Å². The van der Waals surface area contributed by atoms with Gasteiger partial charge in [-0.05, 0) is 26.7 Å². The first-order chi connectivity index (χ1) is 9.84. The zero-order valence-electron chi connectivity index (χ0n) is 13.9. The molecule has 0 spiro atoms. The number of rotatable bonds is 10. The largest absolute Gasteiger partial charge is 0.388 e. The third kappa shape index (κ3) is 10.7. The minimum absolute atomic E-state index is 0.184. The van der Waals surface area contributed by atoms with Crippen molar-refractivity contribution in [3.8, 4) is 11.8 Å². The molecule has 0 radical (unpaired) electrons. The second-order valence-electron chi connectivity index (χ2n) is 5.52. The van der Waals surface area contributed by atoms with Crippen molar-refractivity contribution in [1.29, 1.82) is 0 Å². The highest BCUT2D eigenvalue weighted by molar-refractivity contribution is 5.04. The Morgan fingerprint density at radius 1 is 1.19 bits per heavy atom. The van der Waals surface area contributed by atoms with Crippen LogP contribution >= 0.6 is 0 Å². The fourth-order valence-electron chi connectivity index (χ4n) is 1.77. The van der Waals surface area contributed by atoms with E-state index in [1.54, 1.807) is 13.8 Å². The Labute approximate surface area is 128 Å². The summed E-state index contributed by atoms with van der Waals surface area (Å²) in [6.07, 6.45) is 1.85. The minimum atomic E-state index is -1.21. The summed E-state index contributed by atoms with van der Waals surface area (Å²) >= 11 is 0. The fourth-order valence-corrected chi connectivity index (χ4v) is 1.77. The van der Waals surface area contributed by atoms with Crippen molar-refractivity contribution < 1.29 is 24.4 Å². The van der Waals surface area contributed by atoms with Gasteiger partial charge in [0, 0.05) is 26.6 Å². The quantitative estimate of drug-likeness (QED) is 0.366. The van der Waals surface area contributed by atoms with Gasteiger partial charge in [0.1, 0.15) is 6.10 Å². The average molecular weight is 302 g/mol. The van der Waals surface area contributed by atoms with Gasteiger partial charge in [-0.3, -0.25) is 0 Å². The van der Waals surface area contributed by atoms with Crippen LogP contribution in [0.15, 0.2) is 0 Å². The van der Waals surface area contributed by atoms with Crippen LogP contribution in [0.25, 0.3) is 0 Å². The zero-order chi connectivity index (χ0) is 16.3. The molecule has 0 aliphatic carbocycles. The topological polar surface area (TPSA) is 68.2 Å². The molecule has 0 aromatic rings. The number of aliphatic hydroxyl groups excluding tert-OH is 1. The van der Waals surface area contributed by atoms with E-state index in [0.717, 1.165) is 19.3 Å². The van der Waals surface area contributed by atoms with Gasteiger partial charge in [-0.15, -0.1) is 5.92 Å². The number of unbranched alkanes of at least 4 members (excludes halogenated alkanes) is 2. The van der Waals surface area contributed by atoms with Gasteiger partial charge in [0.2, 0.25) is 0 Å². The summed E-state index contributed by atoms with van der Waals surface area (Å²) in [5, 5.41) is 19.7. The van der Waals surface area contributed by atoms with Gasteiger partial charge in [-0.1, -0.05) is 19.3 Å². The van der Waals surface area contributed by atoms with Crippen LogP contribution in [0.3, 0.4) is 0 Å². The van der Waals surface area contributed by atoms with Crippen molar-refractivity contribution in [2.45, 2.75) is 64.6 Å². The first kappa shape index (κ1) is 20.4. The van der Waals surface area contributed by atoms with E-state index in [1.165, 1.54) is 14.2 Å². The highest BCUT2D eigenvalue weighted by Gasteiger charge is 2.23. The van der Waals surface area contributed by atoms with Crippen LogP contribution in [0, 0.1) is 17.8 Å². The molecule has 2 unspecified atom stereocenters. The number of ether oxygens (including phenoxy) is 3. The summed E-state index contributed by atoms with van der Waals surface area (Å²) in [6.45, 7) is 5.50. The molecule has 0 aromatic carbocycles. The molecular formula is C16H30O5. The van der Waals surface area contributed by atoms with E-state index >= 15 is 0 Å². The van der Waals surface area contributed by atoms with E-state index < -0.39 is 18.2 Å². The molecule has 2 N–H and O–H groups in total. The molecule has 0 amide bonds. The van der Waals surface area contributed by atoms with Gasteiger partial charge >= 0.3 is 0 Å². The number of hydrogen-bond donors (Lipinski definition) is 2. The standard InChI is InChI=1S/C16H30O5/c1-6-7-8-9-10-13(12-21-16(2,3)18)11-14(17)15(19-4)20-5/h13-15,17-18H,6-8,11-12H2,1-5H3.